The minimum atomic E-state index is -3.57. The van der Waals surface area contributed by atoms with Crippen LogP contribution in [-0.4, -0.2) is 19.5 Å². The van der Waals surface area contributed by atoms with Crippen molar-refractivity contribution in [3.8, 4) is 0 Å². The Labute approximate surface area is 130 Å². The first-order valence-electron chi connectivity index (χ1n) is 5.95. The molecule has 0 aliphatic rings. The van der Waals surface area contributed by atoms with Crippen molar-refractivity contribution in [2.24, 2.45) is 0 Å². The van der Waals surface area contributed by atoms with Gasteiger partial charge in [0.05, 0.1) is 17.0 Å². The van der Waals surface area contributed by atoms with Crippen molar-refractivity contribution in [1.82, 2.24) is 0 Å². The average molecular weight is 370 g/mol. The molecule has 0 radical (unpaired) electrons. The second kappa shape index (κ2) is 6.28. The van der Waals surface area contributed by atoms with E-state index in [0.717, 1.165) is 0 Å². The number of carboxylic acid groups (broad SMARTS) is 1. The molecule has 2 N–H and O–H groups in total. The van der Waals surface area contributed by atoms with Crippen LogP contribution in [0.15, 0.2) is 53.0 Å². The third-order valence-electron chi connectivity index (χ3n) is 2.70. The molecule has 2 rings (SSSR count). The van der Waals surface area contributed by atoms with Crippen molar-refractivity contribution in [2.75, 3.05) is 4.72 Å². The third kappa shape index (κ3) is 4.30. The Morgan fingerprint density at radius 1 is 1.10 bits per heavy atom. The molecule has 110 valence electrons. The van der Waals surface area contributed by atoms with E-state index in [2.05, 4.69) is 20.7 Å². The number of carboxylic acids is 1. The molecule has 21 heavy (non-hydrogen) atoms. The lowest BCUT2D eigenvalue weighted by atomic mass is 10.1. The second-order valence-corrected chi connectivity index (χ2v) is 6.92. The van der Waals surface area contributed by atoms with Crippen LogP contribution in [0.25, 0.3) is 0 Å². The number of nitrogens with one attached hydrogen (secondary N) is 1. The summed E-state index contributed by atoms with van der Waals surface area (Å²) >= 11 is 3.27. The highest BCUT2D eigenvalue weighted by Gasteiger charge is 2.13. The quantitative estimate of drug-likeness (QED) is 0.847. The van der Waals surface area contributed by atoms with Crippen LogP contribution in [0.3, 0.4) is 0 Å². The zero-order valence-corrected chi connectivity index (χ0v) is 13.2. The van der Waals surface area contributed by atoms with Crippen molar-refractivity contribution in [1.29, 1.82) is 0 Å². The molecule has 0 spiro atoms. The number of sulfonamides is 1. The Morgan fingerprint density at radius 2 is 1.71 bits per heavy atom. The van der Waals surface area contributed by atoms with E-state index in [1.54, 1.807) is 24.3 Å². The number of hydrogen-bond donors (Lipinski definition) is 2. The molecule has 0 amide bonds. The lowest BCUT2D eigenvalue weighted by molar-refractivity contribution is 0.0697. The molecule has 2 aromatic rings. The van der Waals surface area contributed by atoms with Crippen LogP contribution in [0.4, 0.5) is 5.69 Å². The van der Waals surface area contributed by atoms with E-state index < -0.39 is 16.0 Å². The van der Waals surface area contributed by atoms with Crippen LogP contribution >= 0.6 is 15.9 Å². The first-order chi connectivity index (χ1) is 9.87. The topological polar surface area (TPSA) is 83.5 Å². The Hall–Kier alpha value is -1.86. The van der Waals surface area contributed by atoms with E-state index in [1.807, 2.05) is 0 Å². The maximum Gasteiger partial charge on any atom is 0.335 e. The minimum absolute atomic E-state index is 0.120. The summed E-state index contributed by atoms with van der Waals surface area (Å²) in [5.41, 5.74) is 1.09. The number of carbonyl (C=O) groups is 1. The van der Waals surface area contributed by atoms with E-state index in [-0.39, 0.29) is 11.3 Å². The number of hydrogen-bond acceptors (Lipinski definition) is 3. The summed E-state index contributed by atoms with van der Waals surface area (Å²) in [5, 5.41) is 8.80. The van der Waals surface area contributed by atoms with Gasteiger partial charge in [-0.15, -0.1) is 0 Å². The molecule has 0 saturated carbocycles. The van der Waals surface area contributed by atoms with Crippen LogP contribution in [0, 0.1) is 0 Å². The molecule has 0 bridgehead atoms. The van der Waals surface area contributed by atoms with Crippen LogP contribution in [0.1, 0.15) is 15.9 Å². The highest BCUT2D eigenvalue weighted by Crippen LogP contribution is 2.23. The summed E-state index contributed by atoms with van der Waals surface area (Å²) in [5.74, 6) is -1.27. The van der Waals surface area contributed by atoms with Gasteiger partial charge in [0.2, 0.25) is 10.0 Å². The highest BCUT2D eigenvalue weighted by molar-refractivity contribution is 9.10. The second-order valence-electron chi connectivity index (χ2n) is 4.34. The van der Waals surface area contributed by atoms with Gasteiger partial charge in [-0.2, -0.15) is 0 Å². The number of anilines is 1. The summed E-state index contributed by atoms with van der Waals surface area (Å²) in [6, 6.07) is 12.6. The summed E-state index contributed by atoms with van der Waals surface area (Å²) in [6.07, 6.45) is 0. The van der Waals surface area contributed by atoms with E-state index in [9.17, 15) is 13.2 Å². The summed E-state index contributed by atoms with van der Waals surface area (Å²) < 4.78 is 27.3. The van der Waals surface area contributed by atoms with Gasteiger partial charge in [0, 0.05) is 4.47 Å². The van der Waals surface area contributed by atoms with Gasteiger partial charge in [0.1, 0.15) is 0 Å². The Kier molecular flexibility index (Phi) is 4.64. The Bertz CT molecular complexity index is 757. The lowest BCUT2D eigenvalue weighted by Crippen LogP contribution is -2.15. The molecular weight excluding hydrogens is 358 g/mol. The van der Waals surface area contributed by atoms with Crippen LogP contribution in [-0.2, 0) is 15.8 Å². The maximum atomic E-state index is 12.1. The summed E-state index contributed by atoms with van der Waals surface area (Å²) in [4.78, 5) is 10.7. The van der Waals surface area contributed by atoms with Crippen LogP contribution < -0.4 is 4.72 Å². The summed E-state index contributed by atoms with van der Waals surface area (Å²) in [7, 11) is -3.57. The first kappa shape index (κ1) is 15.5. The molecule has 0 saturated heterocycles. The number of halogens is 1. The van der Waals surface area contributed by atoms with Gasteiger partial charge in [-0.3, -0.25) is 4.72 Å². The van der Waals surface area contributed by atoms with Crippen molar-refractivity contribution in [2.45, 2.75) is 5.75 Å². The molecule has 0 aliphatic carbocycles. The monoisotopic (exact) mass is 369 g/mol. The van der Waals surface area contributed by atoms with Gasteiger partial charge >= 0.3 is 5.97 Å². The average Bonchev–Trinajstić information content (AvgIpc) is 2.41. The molecule has 0 heterocycles. The predicted octanol–water partition coefficient (Wildman–Crippen LogP) is 3.09. The number of rotatable bonds is 5. The van der Waals surface area contributed by atoms with E-state index in [0.29, 0.717) is 15.7 Å². The lowest BCUT2D eigenvalue weighted by Gasteiger charge is -2.09. The maximum absolute atomic E-state index is 12.1. The van der Waals surface area contributed by atoms with Crippen molar-refractivity contribution in [3.63, 3.8) is 0 Å². The SMILES string of the molecule is O=C(O)c1ccc(CS(=O)(=O)Nc2ccccc2Br)cc1. The Morgan fingerprint density at radius 3 is 2.29 bits per heavy atom. The standard InChI is InChI=1S/C14H12BrNO4S/c15-12-3-1-2-4-13(12)16-21(19,20)9-10-5-7-11(8-6-10)14(17)18/h1-8,16H,9H2,(H,17,18). The molecule has 5 nitrogen and oxygen atoms in total. The van der Waals surface area contributed by atoms with Crippen LogP contribution in [0.5, 0.6) is 0 Å². The largest absolute Gasteiger partial charge is 0.478 e. The molecule has 0 aliphatic heterocycles. The molecule has 2 aromatic carbocycles. The van der Waals surface area contributed by atoms with Gasteiger partial charge in [-0.25, -0.2) is 13.2 Å². The van der Waals surface area contributed by atoms with Gasteiger partial charge in [-0.1, -0.05) is 24.3 Å². The predicted molar refractivity (Wildman–Crippen MR) is 83.8 cm³/mol. The fourth-order valence-corrected chi connectivity index (χ4v) is 3.44. The normalized spacial score (nSPS) is 11.1. The molecule has 0 aromatic heterocycles. The molecule has 0 fully saturated rings. The van der Waals surface area contributed by atoms with Crippen molar-refractivity contribution < 1.29 is 18.3 Å². The van der Waals surface area contributed by atoms with Crippen molar-refractivity contribution in [3.05, 3.63) is 64.1 Å². The summed E-state index contributed by atoms with van der Waals surface area (Å²) in [6.45, 7) is 0. The van der Waals surface area contributed by atoms with Gasteiger partial charge in [0.25, 0.3) is 0 Å². The fraction of sp³-hybridized carbons (Fsp3) is 0.0714. The Balaban J connectivity index is 2.14. The van der Waals surface area contributed by atoms with E-state index >= 15 is 0 Å². The van der Waals surface area contributed by atoms with Gasteiger partial charge < -0.3 is 5.11 Å². The zero-order chi connectivity index (χ0) is 15.5. The van der Waals surface area contributed by atoms with E-state index in [1.165, 1.54) is 24.3 Å². The number of benzene rings is 2. The van der Waals surface area contributed by atoms with E-state index in [4.69, 9.17) is 5.11 Å². The van der Waals surface area contributed by atoms with Gasteiger partial charge in [-0.05, 0) is 45.8 Å². The fourth-order valence-electron chi connectivity index (χ4n) is 1.71. The van der Waals surface area contributed by atoms with Crippen molar-refractivity contribution >= 4 is 37.6 Å². The third-order valence-corrected chi connectivity index (χ3v) is 4.63. The van der Waals surface area contributed by atoms with Gasteiger partial charge in [0.15, 0.2) is 0 Å². The highest BCUT2D eigenvalue weighted by atomic mass is 79.9. The number of para-hydroxylation sites is 1. The first-order valence-corrected chi connectivity index (χ1v) is 8.39. The molecule has 0 atom stereocenters. The minimum Gasteiger partial charge on any atom is -0.478 e. The smallest absolute Gasteiger partial charge is 0.335 e. The molecule has 7 heteroatoms. The van der Waals surface area contributed by atoms with Crippen LogP contribution in [0.2, 0.25) is 0 Å². The zero-order valence-electron chi connectivity index (χ0n) is 10.8. The molecule has 0 unspecified atom stereocenters. The molecular formula is C14H12BrNO4S. The number of aromatic carboxylic acids is 1.